The van der Waals surface area contributed by atoms with Crippen molar-refractivity contribution >= 4 is 12.0 Å². The summed E-state index contributed by atoms with van der Waals surface area (Å²) in [5, 5.41) is 18.0. The highest BCUT2D eigenvalue weighted by atomic mass is 16.3. The van der Waals surface area contributed by atoms with E-state index in [9.17, 15) is 4.79 Å². The molecule has 1 N–H and O–H groups in total. The molecule has 0 aliphatic heterocycles. The molecule has 0 fully saturated rings. The lowest BCUT2D eigenvalue weighted by Crippen LogP contribution is -2.40. The average Bonchev–Trinajstić information content (AvgIpc) is 2.53. The highest BCUT2D eigenvalue weighted by molar-refractivity contribution is 5.92. The van der Waals surface area contributed by atoms with Crippen LogP contribution in [0.1, 0.15) is 37.8 Å². The van der Waals surface area contributed by atoms with Gasteiger partial charge in [0.05, 0.1) is 18.2 Å². The molecule has 21 heavy (non-hydrogen) atoms. The smallest absolute Gasteiger partial charge is 0.246 e. The van der Waals surface area contributed by atoms with Crippen molar-refractivity contribution < 1.29 is 9.90 Å². The van der Waals surface area contributed by atoms with Gasteiger partial charge < -0.3 is 10.0 Å². The first-order valence-electron chi connectivity index (χ1n) is 7.25. The number of hydrogen-bond donors (Lipinski definition) is 1. The second-order valence-corrected chi connectivity index (χ2v) is 4.80. The number of amides is 1. The maximum Gasteiger partial charge on any atom is 0.246 e. The first-order chi connectivity index (χ1) is 10.2. The molecule has 4 nitrogen and oxygen atoms in total. The van der Waals surface area contributed by atoms with Crippen molar-refractivity contribution in [1.29, 1.82) is 5.26 Å². The molecule has 4 heteroatoms. The first-order valence-corrected chi connectivity index (χ1v) is 7.25. The molecule has 0 spiro atoms. The number of aliphatic hydroxyl groups excluding tert-OH is 1. The van der Waals surface area contributed by atoms with Gasteiger partial charge in [-0.3, -0.25) is 4.79 Å². The second-order valence-electron chi connectivity index (χ2n) is 4.80. The van der Waals surface area contributed by atoms with Crippen molar-refractivity contribution in [3.63, 3.8) is 0 Å². The Bertz CT molecular complexity index is 528. The summed E-state index contributed by atoms with van der Waals surface area (Å²) in [6, 6.07) is 9.30. The molecule has 0 aromatic heterocycles. The van der Waals surface area contributed by atoms with E-state index in [0.717, 1.165) is 18.4 Å². The Kier molecular flexibility index (Phi) is 7.20. The van der Waals surface area contributed by atoms with E-state index in [2.05, 4.69) is 6.07 Å². The topological polar surface area (TPSA) is 64.3 Å². The molecule has 0 radical (unpaired) electrons. The third-order valence-corrected chi connectivity index (χ3v) is 3.44. The van der Waals surface area contributed by atoms with Crippen molar-refractivity contribution in [3.8, 4) is 6.07 Å². The minimum absolute atomic E-state index is 0.0417. The fourth-order valence-electron chi connectivity index (χ4n) is 2.29. The van der Waals surface area contributed by atoms with Crippen molar-refractivity contribution in [3.05, 3.63) is 41.5 Å². The number of nitrogens with zero attached hydrogens (tertiary/aromatic N) is 2. The Morgan fingerprint density at radius 1 is 1.43 bits per heavy atom. The normalized spacial score (nSPS) is 10.8. The van der Waals surface area contributed by atoms with Crippen LogP contribution in [-0.4, -0.2) is 35.1 Å². The van der Waals surface area contributed by atoms with Gasteiger partial charge in [-0.15, -0.1) is 0 Å². The van der Waals surface area contributed by atoms with Gasteiger partial charge in [0.25, 0.3) is 0 Å². The zero-order valence-corrected chi connectivity index (χ0v) is 12.6. The molecule has 0 bridgehead atoms. The molecule has 1 aromatic carbocycles. The Labute approximate surface area is 126 Å². The molecule has 0 heterocycles. The molecule has 0 aliphatic carbocycles. The van der Waals surface area contributed by atoms with Gasteiger partial charge in [-0.05, 0) is 36.6 Å². The second kappa shape index (κ2) is 8.93. The van der Waals surface area contributed by atoms with Gasteiger partial charge >= 0.3 is 0 Å². The molecular weight excluding hydrogens is 264 g/mol. The first kappa shape index (κ1) is 16.9. The van der Waals surface area contributed by atoms with E-state index < -0.39 is 0 Å². The number of carbonyl (C=O) groups is 1. The van der Waals surface area contributed by atoms with Crippen LogP contribution in [0.2, 0.25) is 0 Å². The van der Waals surface area contributed by atoms with Crippen molar-refractivity contribution in [2.45, 2.75) is 32.7 Å². The minimum atomic E-state index is -0.111. The predicted molar refractivity (Wildman–Crippen MR) is 83.4 cm³/mol. The van der Waals surface area contributed by atoms with Crippen molar-refractivity contribution in [2.75, 3.05) is 13.2 Å². The van der Waals surface area contributed by atoms with E-state index in [1.807, 2.05) is 19.9 Å². The van der Waals surface area contributed by atoms with Crippen LogP contribution < -0.4 is 0 Å². The van der Waals surface area contributed by atoms with Gasteiger partial charge in [-0.1, -0.05) is 26.0 Å². The van der Waals surface area contributed by atoms with Gasteiger partial charge in [0.2, 0.25) is 5.91 Å². The molecule has 112 valence electrons. The Morgan fingerprint density at radius 2 is 2.14 bits per heavy atom. The molecule has 0 saturated heterocycles. The molecule has 1 aromatic rings. The fourth-order valence-corrected chi connectivity index (χ4v) is 2.29. The number of nitriles is 1. The summed E-state index contributed by atoms with van der Waals surface area (Å²) in [6.07, 6.45) is 4.93. The predicted octanol–water partition coefficient (Wildman–Crippen LogP) is 2.58. The number of carbonyl (C=O) groups excluding carboxylic acids is 1. The Morgan fingerprint density at radius 3 is 2.71 bits per heavy atom. The molecule has 0 atom stereocenters. The van der Waals surface area contributed by atoms with Crippen LogP contribution >= 0.6 is 0 Å². The lowest BCUT2D eigenvalue weighted by molar-refractivity contribution is -0.128. The maximum atomic E-state index is 12.3. The fraction of sp³-hybridized carbons (Fsp3) is 0.412. The summed E-state index contributed by atoms with van der Waals surface area (Å²) >= 11 is 0. The van der Waals surface area contributed by atoms with Crippen LogP contribution in [0.3, 0.4) is 0 Å². The van der Waals surface area contributed by atoms with Crippen LogP contribution in [0.5, 0.6) is 0 Å². The van der Waals surface area contributed by atoms with Crippen LogP contribution in [-0.2, 0) is 4.79 Å². The summed E-state index contributed by atoms with van der Waals surface area (Å²) in [5.74, 6) is -0.111. The molecule has 0 saturated carbocycles. The Hall–Kier alpha value is -2.12. The molecule has 0 aliphatic rings. The minimum Gasteiger partial charge on any atom is -0.395 e. The van der Waals surface area contributed by atoms with Crippen molar-refractivity contribution in [1.82, 2.24) is 4.90 Å². The summed E-state index contributed by atoms with van der Waals surface area (Å²) < 4.78 is 0. The molecular formula is C17H22N2O2. The van der Waals surface area contributed by atoms with E-state index in [4.69, 9.17) is 10.4 Å². The largest absolute Gasteiger partial charge is 0.395 e. The lowest BCUT2D eigenvalue weighted by Gasteiger charge is -2.29. The molecule has 1 amide bonds. The van der Waals surface area contributed by atoms with E-state index >= 15 is 0 Å². The van der Waals surface area contributed by atoms with Gasteiger partial charge in [0.1, 0.15) is 0 Å². The molecule has 1 rings (SSSR count). The molecule has 0 unspecified atom stereocenters. The summed E-state index contributed by atoms with van der Waals surface area (Å²) in [5.41, 5.74) is 1.38. The highest BCUT2D eigenvalue weighted by Gasteiger charge is 2.18. The third kappa shape index (κ3) is 5.05. The van der Waals surface area contributed by atoms with Crippen LogP contribution in [0.25, 0.3) is 6.08 Å². The standard InChI is InChI=1S/C17H22N2O2/c1-3-16(4-2)19(10-11-20)17(21)9-8-14-6-5-7-15(12-14)13-18/h5-9,12,16,20H,3-4,10-11H2,1-2H3. The van der Waals surface area contributed by atoms with Crippen molar-refractivity contribution in [2.24, 2.45) is 0 Å². The third-order valence-electron chi connectivity index (χ3n) is 3.44. The van der Waals surface area contributed by atoms with Crippen LogP contribution in [0.4, 0.5) is 0 Å². The quantitative estimate of drug-likeness (QED) is 0.784. The zero-order chi connectivity index (χ0) is 15.7. The van der Waals surface area contributed by atoms with E-state index in [1.54, 1.807) is 29.2 Å². The summed E-state index contributed by atoms with van der Waals surface area (Å²) in [6.45, 7) is 4.37. The van der Waals surface area contributed by atoms with E-state index in [0.29, 0.717) is 12.1 Å². The summed E-state index contributed by atoms with van der Waals surface area (Å²) in [7, 11) is 0. The Balaban J connectivity index is 2.85. The maximum absolute atomic E-state index is 12.3. The lowest BCUT2D eigenvalue weighted by atomic mass is 10.1. The monoisotopic (exact) mass is 286 g/mol. The van der Waals surface area contributed by atoms with E-state index in [-0.39, 0.29) is 18.6 Å². The number of benzene rings is 1. The van der Waals surface area contributed by atoms with E-state index in [1.165, 1.54) is 6.08 Å². The number of hydrogen-bond acceptors (Lipinski definition) is 3. The van der Waals surface area contributed by atoms with Crippen LogP contribution in [0, 0.1) is 11.3 Å². The average molecular weight is 286 g/mol. The van der Waals surface area contributed by atoms with Gasteiger partial charge in [-0.25, -0.2) is 0 Å². The van der Waals surface area contributed by atoms with Gasteiger partial charge in [0, 0.05) is 18.7 Å². The van der Waals surface area contributed by atoms with Gasteiger partial charge in [-0.2, -0.15) is 5.26 Å². The zero-order valence-electron chi connectivity index (χ0n) is 12.6. The highest BCUT2D eigenvalue weighted by Crippen LogP contribution is 2.11. The number of aliphatic hydroxyl groups is 1. The SMILES string of the molecule is CCC(CC)N(CCO)C(=O)C=Cc1cccc(C#N)c1. The van der Waals surface area contributed by atoms with Crippen LogP contribution in [0.15, 0.2) is 30.3 Å². The summed E-state index contributed by atoms with van der Waals surface area (Å²) in [4.78, 5) is 14.0. The van der Waals surface area contributed by atoms with Gasteiger partial charge in [0.15, 0.2) is 0 Å². The number of rotatable bonds is 7.